The van der Waals surface area contributed by atoms with Gasteiger partial charge in [0.15, 0.2) is 6.61 Å². The summed E-state index contributed by atoms with van der Waals surface area (Å²) in [5, 5.41) is 8.63. The second-order valence-electron chi connectivity index (χ2n) is 4.53. The molecule has 19 heavy (non-hydrogen) atoms. The van der Waals surface area contributed by atoms with Gasteiger partial charge in [-0.25, -0.2) is 4.79 Å². The number of amides is 1. The first-order chi connectivity index (χ1) is 9.18. The second-order valence-corrected chi connectivity index (χ2v) is 4.53. The van der Waals surface area contributed by atoms with Crippen LogP contribution in [-0.2, 0) is 4.79 Å². The summed E-state index contributed by atoms with van der Waals surface area (Å²) in [5.74, 6) is -0.804. The maximum atomic E-state index is 12.4. The first-order valence-electron chi connectivity index (χ1n) is 6.41. The fourth-order valence-corrected chi connectivity index (χ4v) is 2.18. The molecule has 1 fully saturated rings. The Morgan fingerprint density at radius 3 is 2.53 bits per heavy atom. The normalized spacial score (nSPS) is 15.1. The second kappa shape index (κ2) is 6.22. The lowest BCUT2D eigenvalue weighted by Crippen LogP contribution is -2.35. The number of nitrogens with zero attached hydrogens (tertiary/aromatic N) is 1. The third-order valence-electron chi connectivity index (χ3n) is 3.11. The van der Waals surface area contributed by atoms with E-state index in [9.17, 15) is 9.59 Å². The van der Waals surface area contributed by atoms with Gasteiger partial charge in [-0.2, -0.15) is 0 Å². The molecule has 0 unspecified atom stereocenters. The van der Waals surface area contributed by atoms with Gasteiger partial charge in [0, 0.05) is 13.1 Å². The van der Waals surface area contributed by atoms with Crippen molar-refractivity contribution in [3.05, 3.63) is 29.8 Å². The molecule has 1 saturated heterocycles. The molecule has 1 aliphatic heterocycles. The number of carboxylic acids is 1. The van der Waals surface area contributed by atoms with Crippen LogP contribution < -0.4 is 4.74 Å². The van der Waals surface area contributed by atoms with Crippen LogP contribution in [-0.4, -0.2) is 41.6 Å². The summed E-state index contributed by atoms with van der Waals surface area (Å²) in [6.07, 6.45) is 3.19. The van der Waals surface area contributed by atoms with Gasteiger partial charge in [0.1, 0.15) is 5.75 Å². The fraction of sp³-hybridized carbons (Fsp3) is 0.429. The Balaban J connectivity index is 2.13. The largest absolute Gasteiger partial charge is 0.481 e. The molecule has 0 spiro atoms. The molecule has 0 atom stereocenters. The average molecular weight is 263 g/mol. The standard InChI is InChI=1S/C14H17NO4/c16-13(17)10-19-12-7-3-2-6-11(12)14(18)15-8-4-1-5-9-15/h2-3,6-7H,1,4-5,8-10H2,(H,16,17). The predicted octanol–water partition coefficient (Wildman–Crippen LogP) is 1.78. The SMILES string of the molecule is O=C(O)COc1ccccc1C(=O)N1CCCCC1. The van der Waals surface area contributed by atoms with Crippen molar-refractivity contribution in [2.24, 2.45) is 0 Å². The van der Waals surface area contributed by atoms with E-state index in [-0.39, 0.29) is 5.91 Å². The van der Waals surface area contributed by atoms with Crippen LogP contribution in [0.15, 0.2) is 24.3 Å². The first-order valence-corrected chi connectivity index (χ1v) is 6.41. The lowest BCUT2D eigenvalue weighted by Gasteiger charge is -2.27. The minimum Gasteiger partial charge on any atom is -0.481 e. The van der Waals surface area contributed by atoms with Crippen LogP contribution in [0.5, 0.6) is 5.75 Å². The molecule has 1 aliphatic rings. The van der Waals surface area contributed by atoms with Crippen molar-refractivity contribution < 1.29 is 19.4 Å². The number of carbonyl (C=O) groups is 2. The van der Waals surface area contributed by atoms with Gasteiger partial charge in [0.2, 0.25) is 0 Å². The summed E-state index contributed by atoms with van der Waals surface area (Å²) in [6, 6.07) is 6.78. The molecule has 0 saturated carbocycles. The predicted molar refractivity (Wildman–Crippen MR) is 69.3 cm³/mol. The van der Waals surface area contributed by atoms with Crippen molar-refractivity contribution in [3.63, 3.8) is 0 Å². The van der Waals surface area contributed by atoms with Crippen molar-refractivity contribution in [2.45, 2.75) is 19.3 Å². The molecule has 0 bridgehead atoms. The zero-order valence-electron chi connectivity index (χ0n) is 10.7. The van der Waals surface area contributed by atoms with Crippen molar-refractivity contribution in [2.75, 3.05) is 19.7 Å². The molecule has 1 heterocycles. The van der Waals surface area contributed by atoms with Gasteiger partial charge in [-0.3, -0.25) is 4.79 Å². The average Bonchev–Trinajstić information content (AvgIpc) is 2.45. The number of piperidine rings is 1. The maximum absolute atomic E-state index is 12.4. The van der Waals surface area contributed by atoms with E-state index in [0.717, 1.165) is 32.4 Å². The van der Waals surface area contributed by atoms with Gasteiger partial charge in [0.25, 0.3) is 5.91 Å². The molecular weight excluding hydrogens is 246 g/mol. The number of rotatable bonds is 4. The van der Waals surface area contributed by atoms with Crippen LogP contribution in [0, 0.1) is 0 Å². The lowest BCUT2D eigenvalue weighted by molar-refractivity contribution is -0.139. The highest BCUT2D eigenvalue weighted by atomic mass is 16.5. The van der Waals surface area contributed by atoms with Crippen LogP contribution in [0.2, 0.25) is 0 Å². The molecule has 102 valence electrons. The van der Waals surface area contributed by atoms with Crippen LogP contribution in [0.1, 0.15) is 29.6 Å². The van der Waals surface area contributed by atoms with Crippen LogP contribution in [0.25, 0.3) is 0 Å². The number of carboxylic acid groups (broad SMARTS) is 1. The Hall–Kier alpha value is -2.04. The number of benzene rings is 1. The molecule has 5 heteroatoms. The number of ether oxygens (including phenoxy) is 1. The Bertz CT molecular complexity index is 466. The third kappa shape index (κ3) is 3.47. The van der Waals surface area contributed by atoms with Gasteiger partial charge in [0.05, 0.1) is 5.56 Å². The number of likely N-dealkylation sites (tertiary alicyclic amines) is 1. The van der Waals surface area contributed by atoms with Crippen LogP contribution in [0.3, 0.4) is 0 Å². The van der Waals surface area contributed by atoms with Gasteiger partial charge in [-0.05, 0) is 31.4 Å². The summed E-state index contributed by atoms with van der Waals surface area (Å²) < 4.78 is 5.16. The van der Waals surface area contributed by atoms with Crippen LogP contribution in [0.4, 0.5) is 0 Å². The van der Waals surface area contributed by atoms with Crippen molar-refractivity contribution in [1.82, 2.24) is 4.90 Å². The summed E-state index contributed by atoms with van der Waals surface area (Å²) in [5.41, 5.74) is 0.436. The van der Waals surface area contributed by atoms with Crippen LogP contribution >= 0.6 is 0 Å². The summed E-state index contributed by atoms with van der Waals surface area (Å²) >= 11 is 0. The first kappa shape index (κ1) is 13.4. The number of hydrogen-bond donors (Lipinski definition) is 1. The molecule has 0 radical (unpaired) electrons. The minimum absolute atomic E-state index is 0.0827. The monoisotopic (exact) mass is 263 g/mol. The number of hydrogen-bond acceptors (Lipinski definition) is 3. The lowest BCUT2D eigenvalue weighted by atomic mass is 10.1. The fourth-order valence-electron chi connectivity index (χ4n) is 2.18. The number of aliphatic carboxylic acids is 1. The Labute approximate surface area is 111 Å². The van der Waals surface area contributed by atoms with E-state index in [4.69, 9.17) is 9.84 Å². The summed E-state index contributed by atoms with van der Waals surface area (Å²) in [6.45, 7) is 1.07. The van der Waals surface area contributed by atoms with Crippen molar-refractivity contribution >= 4 is 11.9 Å². The summed E-state index contributed by atoms with van der Waals surface area (Å²) in [7, 11) is 0. The van der Waals surface area contributed by atoms with E-state index >= 15 is 0 Å². The molecule has 5 nitrogen and oxygen atoms in total. The third-order valence-corrected chi connectivity index (χ3v) is 3.11. The smallest absolute Gasteiger partial charge is 0.341 e. The minimum atomic E-state index is -1.06. The molecule has 1 aromatic rings. The molecule has 1 amide bonds. The highest BCUT2D eigenvalue weighted by Gasteiger charge is 2.21. The number of para-hydroxylation sites is 1. The van der Waals surface area contributed by atoms with Gasteiger partial charge >= 0.3 is 5.97 Å². The topological polar surface area (TPSA) is 66.8 Å². The van der Waals surface area contributed by atoms with E-state index in [2.05, 4.69) is 0 Å². The Kier molecular flexibility index (Phi) is 4.39. The van der Waals surface area contributed by atoms with E-state index in [1.807, 2.05) is 0 Å². The molecule has 0 aliphatic carbocycles. The zero-order valence-corrected chi connectivity index (χ0v) is 10.7. The van der Waals surface area contributed by atoms with E-state index in [1.54, 1.807) is 29.2 Å². The Morgan fingerprint density at radius 1 is 1.16 bits per heavy atom. The number of carbonyl (C=O) groups excluding carboxylic acids is 1. The van der Waals surface area contributed by atoms with E-state index in [0.29, 0.717) is 11.3 Å². The van der Waals surface area contributed by atoms with Crippen molar-refractivity contribution in [1.29, 1.82) is 0 Å². The molecular formula is C14H17NO4. The highest BCUT2D eigenvalue weighted by Crippen LogP contribution is 2.21. The molecule has 2 rings (SSSR count). The van der Waals surface area contributed by atoms with Gasteiger partial charge < -0.3 is 14.7 Å². The van der Waals surface area contributed by atoms with Crippen molar-refractivity contribution in [3.8, 4) is 5.75 Å². The summed E-state index contributed by atoms with van der Waals surface area (Å²) in [4.78, 5) is 24.7. The van der Waals surface area contributed by atoms with Gasteiger partial charge in [-0.1, -0.05) is 12.1 Å². The highest BCUT2D eigenvalue weighted by molar-refractivity contribution is 5.97. The molecule has 1 aromatic carbocycles. The molecule has 1 N–H and O–H groups in total. The van der Waals surface area contributed by atoms with Gasteiger partial charge in [-0.15, -0.1) is 0 Å². The quantitative estimate of drug-likeness (QED) is 0.899. The molecule has 0 aromatic heterocycles. The maximum Gasteiger partial charge on any atom is 0.341 e. The van der Waals surface area contributed by atoms with E-state index in [1.165, 1.54) is 0 Å². The van der Waals surface area contributed by atoms with E-state index < -0.39 is 12.6 Å². The zero-order chi connectivity index (χ0) is 13.7. The Morgan fingerprint density at radius 2 is 1.84 bits per heavy atom.